The molecular weight excluding hydrogens is 268 g/mol. The van der Waals surface area contributed by atoms with Gasteiger partial charge in [-0.1, -0.05) is 18.1 Å². The second-order valence-electron chi connectivity index (χ2n) is 5.69. The van der Waals surface area contributed by atoms with Gasteiger partial charge in [-0.3, -0.25) is 4.79 Å². The van der Waals surface area contributed by atoms with Crippen LogP contribution >= 0.6 is 0 Å². The van der Waals surface area contributed by atoms with E-state index < -0.39 is 0 Å². The average molecular weight is 290 g/mol. The Balaban J connectivity index is 2.10. The Hall–Kier alpha value is -2.04. The molecule has 0 spiro atoms. The molecule has 114 valence electrons. The van der Waals surface area contributed by atoms with Crippen molar-refractivity contribution in [2.45, 2.75) is 33.3 Å². The summed E-state index contributed by atoms with van der Waals surface area (Å²) >= 11 is 0. The number of carbonyl (C=O) groups excluding carboxylic acids is 1. The smallest absolute Gasteiger partial charge is 0.254 e. The fourth-order valence-corrected chi connectivity index (χ4v) is 2.51. The van der Waals surface area contributed by atoms with Crippen LogP contribution in [0.25, 0.3) is 0 Å². The number of oxime groups is 1. The van der Waals surface area contributed by atoms with Gasteiger partial charge < -0.3 is 14.8 Å². The van der Waals surface area contributed by atoms with E-state index >= 15 is 0 Å². The molecule has 1 aliphatic heterocycles. The SMILES string of the molecule is CC(C)Oc1cccc(C(=O)N2CC/C(=N/O)C(C)C2)c1. The van der Waals surface area contributed by atoms with Gasteiger partial charge in [-0.25, -0.2) is 0 Å². The van der Waals surface area contributed by atoms with Crippen LogP contribution < -0.4 is 4.74 Å². The lowest BCUT2D eigenvalue weighted by molar-refractivity contribution is 0.0733. The first-order chi connectivity index (χ1) is 10.0. The zero-order valence-corrected chi connectivity index (χ0v) is 12.7. The molecule has 0 bridgehead atoms. The maximum absolute atomic E-state index is 12.5. The molecule has 1 aromatic carbocycles. The van der Waals surface area contributed by atoms with Crippen molar-refractivity contribution in [1.82, 2.24) is 4.90 Å². The molecule has 1 fully saturated rings. The van der Waals surface area contributed by atoms with Crippen molar-refractivity contribution in [1.29, 1.82) is 0 Å². The van der Waals surface area contributed by atoms with Gasteiger partial charge in [-0.15, -0.1) is 0 Å². The lowest BCUT2D eigenvalue weighted by Crippen LogP contribution is -2.43. The normalized spacial score (nSPS) is 20.9. The van der Waals surface area contributed by atoms with E-state index in [1.807, 2.05) is 32.9 Å². The van der Waals surface area contributed by atoms with E-state index in [0.717, 1.165) is 5.71 Å². The number of benzene rings is 1. The molecule has 1 aromatic rings. The van der Waals surface area contributed by atoms with E-state index in [2.05, 4.69) is 5.16 Å². The molecule has 0 aliphatic carbocycles. The predicted molar refractivity (Wildman–Crippen MR) is 81.1 cm³/mol. The summed E-state index contributed by atoms with van der Waals surface area (Å²) in [5.74, 6) is 0.786. The molecular formula is C16H22N2O3. The summed E-state index contributed by atoms with van der Waals surface area (Å²) in [5.41, 5.74) is 1.39. The predicted octanol–water partition coefficient (Wildman–Crippen LogP) is 2.79. The number of amides is 1. The number of likely N-dealkylation sites (tertiary alicyclic amines) is 1. The first kappa shape index (κ1) is 15.4. The number of ether oxygens (including phenoxy) is 1. The molecule has 1 atom stereocenters. The Morgan fingerprint density at radius 1 is 1.48 bits per heavy atom. The zero-order valence-electron chi connectivity index (χ0n) is 12.7. The first-order valence-electron chi connectivity index (χ1n) is 7.28. The van der Waals surface area contributed by atoms with E-state index in [1.54, 1.807) is 17.0 Å². The van der Waals surface area contributed by atoms with Gasteiger partial charge >= 0.3 is 0 Å². The second-order valence-corrected chi connectivity index (χ2v) is 5.69. The van der Waals surface area contributed by atoms with Crippen LogP contribution in [0.2, 0.25) is 0 Å². The largest absolute Gasteiger partial charge is 0.491 e. The van der Waals surface area contributed by atoms with Gasteiger partial charge in [0.2, 0.25) is 0 Å². The molecule has 1 unspecified atom stereocenters. The Bertz CT molecular complexity index is 540. The van der Waals surface area contributed by atoms with Gasteiger partial charge in [0.05, 0.1) is 11.8 Å². The molecule has 0 saturated carbocycles. The third-order valence-corrected chi connectivity index (χ3v) is 3.57. The fourth-order valence-electron chi connectivity index (χ4n) is 2.51. The Morgan fingerprint density at radius 3 is 2.86 bits per heavy atom. The summed E-state index contributed by atoms with van der Waals surface area (Å²) in [7, 11) is 0. The van der Waals surface area contributed by atoms with Gasteiger partial charge in [0.15, 0.2) is 0 Å². The van der Waals surface area contributed by atoms with Crippen LogP contribution in [0.5, 0.6) is 5.75 Å². The number of rotatable bonds is 3. The summed E-state index contributed by atoms with van der Waals surface area (Å²) in [4.78, 5) is 14.3. The van der Waals surface area contributed by atoms with Gasteiger partial charge in [0, 0.05) is 31.0 Å². The van der Waals surface area contributed by atoms with Crippen molar-refractivity contribution in [2.75, 3.05) is 13.1 Å². The molecule has 1 aliphatic rings. The molecule has 1 heterocycles. The highest BCUT2D eigenvalue weighted by Gasteiger charge is 2.26. The molecule has 21 heavy (non-hydrogen) atoms. The highest BCUT2D eigenvalue weighted by molar-refractivity contribution is 5.96. The number of nitrogens with zero attached hydrogens (tertiary/aromatic N) is 2. The summed E-state index contributed by atoms with van der Waals surface area (Å²) in [6.45, 7) is 7.03. The molecule has 5 nitrogen and oxygen atoms in total. The fraction of sp³-hybridized carbons (Fsp3) is 0.500. The maximum Gasteiger partial charge on any atom is 0.254 e. The van der Waals surface area contributed by atoms with Crippen molar-refractivity contribution >= 4 is 11.6 Å². The maximum atomic E-state index is 12.5. The van der Waals surface area contributed by atoms with Gasteiger partial charge in [0.1, 0.15) is 5.75 Å². The minimum absolute atomic E-state index is 0.00644. The number of hydrogen-bond acceptors (Lipinski definition) is 4. The minimum atomic E-state index is -0.00644. The van der Waals surface area contributed by atoms with Crippen molar-refractivity contribution in [3.63, 3.8) is 0 Å². The molecule has 5 heteroatoms. The Labute approximate surface area is 125 Å². The van der Waals surface area contributed by atoms with Crippen LogP contribution in [0.15, 0.2) is 29.4 Å². The monoisotopic (exact) mass is 290 g/mol. The first-order valence-corrected chi connectivity index (χ1v) is 7.28. The zero-order chi connectivity index (χ0) is 15.4. The topological polar surface area (TPSA) is 62.1 Å². The lowest BCUT2D eigenvalue weighted by atomic mass is 9.97. The molecule has 1 amide bonds. The Morgan fingerprint density at radius 2 is 2.24 bits per heavy atom. The van der Waals surface area contributed by atoms with E-state index in [4.69, 9.17) is 9.94 Å². The van der Waals surface area contributed by atoms with E-state index in [-0.39, 0.29) is 17.9 Å². The molecule has 1 N–H and O–H groups in total. The molecule has 1 saturated heterocycles. The van der Waals surface area contributed by atoms with E-state index in [1.165, 1.54) is 0 Å². The minimum Gasteiger partial charge on any atom is -0.491 e. The van der Waals surface area contributed by atoms with Gasteiger partial charge in [-0.05, 0) is 32.0 Å². The van der Waals surface area contributed by atoms with Crippen molar-refractivity contribution in [3.8, 4) is 5.75 Å². The van der Waals surface area contributed by atoms with Gasteiger partial charge in [0.25, 0.3) is 5.91 Å². The third kappa shape index (κ3) is 3.74. The Kier molecular flexibility index (Phi) is 4.83. The highest BCUT2D eigenvalue weighted by atomic mass is 16.5. The molecule has 0 aromatic heterocycles. The highest BCUT2D eigenvalue weighted by Crippen LogP contribution is 2.20. The molecule has 2 rings (SSSR count). The summed E-state index contributed by atoms with van der Waals surface area (Å²) < 4.78 is 5.63. The van der Waals surface area contributed by atoms with Crippen molar-refractivity contribution in [2.24, 2.45) is 11.1 Å². The van der Waals surface area contributed by atoms with E-state index in [9.17, 15) is 4.79 Å². The number of hydrogen-bond donors (Lipinski definition) is 1. The quantitative estimate of drug-likeness (QED) is 0.688. The number of carbonyl (C=O) groups is 1. The van der Waals surface area contributed by atoms with E-state index in [0.29, 0.717) is 30.8 Å². The van der Waals surface area contributed by atoms with Crippen LogP contribution in [-0.2, 0) is 0 Å². The average Bonchev–Trinajstić information content (AvgIpc) is 2.46. The van der Waals surface area contributed by atoms with Crippen LogP contribution in [0.4, 0.5) is 0 Å². The third-order valence-electron chi connectivity index (χ3n) is 3.57. The number of piperidine rings is 1. The van der Waals surface area contributed by atoms with Gasteiger partial charge in [-0.2, -0.15) is 0 Å². The second kappa shape index (κ2) is 6.61. The van der Waals surface area contributed by atoms with Crippen LogP contribution in [0.1, 0.15) is 37.6 Å². The summed E-state index contributed by atoms with van der Waals surface area (Å²) in [6, 6.07) is 7.27. The summed E-state index contributed by atoms with van der Waals surface area (Å²) in [6.07, 6.45) is 0.694. The van der Waals surface area contributed by atoms with Crippen molar-refractivity contribution in [3.05, 3.63) is 29.8 Å². The van der Waals surface area contributed by atoms with Crippen LogP contribution in [0, 0.1) is 5.92 Å². The van der Waals surface area contributed by atoms with Crippen LogP contribution in [-0.4, -0.2) is 40.9 Å². The van der Waals surface area contributed by atoms with Crippen molar-refractivity contribution < 1.29 is 14.7 Å². The standard InChI is InChI=1S/C16H22N2O3/c1-11(2)21-14-6-4-5-13(9-14)16(19)18-8-7-15(17-20)12(3)10-18/h4-6,9,11-12,20H,7-8,10H2,1-3H3/b17-15-. The molecule has 0 radical (unpaired) electrons. The van der Waals surface area contributed by atoms with Crippen LogP contribution in [0.3, 0.4) is 0 Å². The lowest BCUT2D eigenvalue weighted by Gasteiger charge is -2.31. The summed E-state index contributed by atoms with van der Waals surface area (Å²) in [5, 5.41) is 12.2.